The molecule has 0 atom stereocenters. The molecule has 1 aromatic carbocycles. The molecule has 0 saturated carbocycles. The molecule has 0 spiro atoms. The lowest BCUT2D eigenvalue weighted by Crippen LogP contribution is -2.48. The van der Waals surface area contributed by atoms with Gasteiger partial charge in [0.1, 0.15) is 0 Å². The molecule has 31 heavy (non-hydrogen) atoms. The highest BCUT2D eigenvalue weighted by molar-refractivity contribution is 7.97. The van der Waals surface area contributed by atoms with Crippen molar-refractivity contribution in [2.45, 2.75) is 44.6 Å². The third kappa shape index (κ3) is 3.96. The summed E-state index contributed by atoms with van der Waals surface area (Å²) in [7, 11) is 0. The van der Waals surface area contributed by atoms with Crippen LogP contribution < -0.4 is 0 Å². The van der Waals surface area contributed by atoms with Crippen LogP contribution in [-0.4, -0.2) is 73.5 Å². The van der Waals surface area contributed by atoms with E-state index in [1.165, 1.54) is 0 Å². The number of carbonyl (C=O) groups is 1. The monoisotopic (exact) mass is 440 g/mol. The third-order valence-corrected chi connectivity index (χ3v) is 7.38. The van der Waals surface area contributed by atoms with Crippen molar-refractivity contribution < 1.29 is 9.32 Å². The number of likely N-dealkylation sites (tertiary alicyclic amines) is 2. The van der Waals surface area contributed by atoms with Crippen LogP contribution in [0.5, 0.6) is 0 Å². The molecule has 8 nitrogen and oxygen atoms in total. The number of fused-ring (bicyclic) bond motifs is 1. The number of amides is 1. The minimum atomic E-state index is 0.195. The van der Waals surface area contributed by atoms with Crippen LogP contribution >= 0.6 is 11.9 Å². The lowest BCUT2D eigenvalue weighted by atomic mass is 9.93. The third-order valence-electron chi connectivity index (χ3n) is 6.74. The van der Waals surface area contributed by atoms with Gasteiger partial charge >= 0.3 is 0 Å². The van der Waals surface area contributed by atoms with Gasteiger partial charge in [-0.2, -0.15) is 10.1 Å². The second-order valence-corrected chi connectivity index (χ2v) is 9.15. The number of carbonyl (C=O) groups excluding carboxylic acids is 1. The quantitative estimate of drug-likeness (QED) is 0.615. The van der Waals surface area contributed by atoms with Crippen molar-refractivity contribution in [2.24, 2.45) is 0 Å². The lowest BCUT2D eigenvalue weighted by Gasteiger charge is -2.41. The fraction of sp³-hybridized carbons (Fsp3) is 0.545. The number of hydrogen-bond acceptors (Lipinski definition) is 7. The molecule has 164 valence electrons. The minimum Gasteiger partial charge on any atom is -0.343 e. The maximum atomic E-state index is 11.6. The topological polar surface area (TPSA) is 80.3 Å². The Hall–Kier alpha value is -2.39. The number of rotatable bonds is 4. The van der Waals surface area contributed by atoms with Gasteiger partial charge in [-0.3, -0.25) is 4.79 Å². The Morgan fingerprint density at radius 2 is 1.90 bits per heavy atom. The highest BCUT2D eigenvalue weighted by atomic mass is 32.2. The molecule has 2 fully saturated rings. The SMILES string of the molecule is CSn1ncc2c(-c3noc(C4CCN(C5CCN(C(C)=O)CC5)CC4)n3)cccc21. The average Bonchev–Trinajstić information content (AvgIpc) is 3.46. The van der Waals surface area contributed by atoms with Crippen molar-refractivity contribution in [2.75, 3.05) is 32.4 Å². The van der Waals surface area contributed by atoms with Crippen molar-refractivity contribution in [1.29, 1.82) is 0 Å². The van der Waals surface area contributed by atoms with E-state index in [0.29, 0.717) is 17.8 Å². The molecule has 1 amide bonds. The average molecular weight is 441 g/mol. The van der Waals surface area contributed by atoms with Crippen LogP contribution in [-0.2, 0) is 4.79 Å². The van der Waals surface area contributed by atoms with Gasteiger partial charge < -0.3 is 14.3 Å². The number of aromatic nitrogens is 4. The van der Waals surface area contributed by atoms with Gasteiger partial charge in [-0.05, 0) is 56.8 Å². The molecule has 2 saturated heterocycles. The lowest BCUT2D eigenvalue weighted by molar-refractivity contribution is -0.130. The highest BCUT2D eigenvalue weighted by Gasteiger charge is 2.31. The molecule has 2 aromatic heterocycles. The fourth-order valence-electron chi connectivity index (χ4n) is 4.94. The molecule has 3 aromatic rings. The van der Waals surface area contributed by atoms with E-state index in [4.69, 9.17) is 9.51 Å². The summed E-state index contributed by atoms with van der Waals surface area (Å²) in [6, 6.07) is 6.68. The van der Waals surface area contributed by atoms with E-state index in [9.17, 15) is 4.79 Å². The number of piperidine rings is 2. The van der Waals surface area contributed by atoms with Gasteiger partial charge in [0.15, 0.2) is 0 Å². The zero-order valence-electron chi connectivity index (χ0n) is 18.0. The molecule has 5 rings (SSSR count). The summed E-state index contributed by atoms with van der Waals surface area (Å²) in [4.78, 5) is 20.9. The van der Waals surface area contributed by atoms with Crippen LogP contribution in [0.1, 0.15) is 44.4 Å². The Balaban J connectivity index is 1.24. The predicted octanol–water partition coefficient (Wildman–Crippen LogP) is 3.40. The zero-order chi connectivity index (χ0) is 21.4. The summed E-state index contributed by atoms with van der Waals surface area (Å²) < 4.78 is 7.60. The van der Waals surface area contributed by atoms with Crippen molar-refractivity contribution >= 4 is 28.8 Å². The van der Waals surface area contributed by atoms with Crippen LogP contribution in [0.4, 0.5) is 0 Å². The Morgan fingerprint density at radius 3 is 2.61 bits per heavy atom. The molecule has 2 aliphatic rings. The predicted molar refractivity (Wildman–Crippen MR) is 121 cm³/mol. The molecular weight excluding hydrogens is 412 g/mol. The van der Waals surface area contributed by atoms with Crippen molar-refractivity contribution in [1.82, 2.24) is 29.1 Å². The van der Waals surface area contributed by atoms with Crippen LogP contribution in [0.3, 0.4) is 0 Å². The first-order valence-corrected chi connectivity index (χ1v) is 12.2. The first-order chi connectivity index (χ1) is 15.1. The molecule has 4 heterocycles. The van der Waals surface area contributed by atoms with Crippen LogP contribution in [0.25, 0.3) is 22.3 Å². The molecule has 0 radical (unpaired) electrons. The zero-order valence-corrected chi connectivity index (χ0v) is 18.8. The van der Waals surface area contributed by atoms with Crippen molar-refractivity contribution in [3.05, 3.63) is 30.3 Å². The Labute approximate surface area is 186 Å². The number of benzene rings is 1. The summed E-state index contributed by atoms with van der Waals surface area (Å²) in [5.74, 6) is 1.89. The van der Waals surface area contributed by atoms with E-state index in [1.54, 1.807) is 18.9 Å². The van der Waals surface area contributed by atoms with Gasteiger partial charge in [-0.15, -0.1) is 0 Å². The van der Waals surface area contributed by atoms with E-state index in [1.807, 2.05) is 33.6 Å². The molecule has 0 unspecified atom stereocenters. The molecule has 0 bridgehead atoms. The maximum Gasteiger partial charge on any atom is 0.230 e. The van der Waals surface area contributed by atoms with Crippen LogP contribution in [0, 0.1) is 0 Å². The molecular formula is C22H28N6O2S. The largest absolute Gasteiger partial charge is 0.343 e. The number of nitrogens with zero attached hydrogens (tertiary/aromatic N) is 6. The Bertz CT molecular complexity index is 1060. The summed E-state index contributed by atoms with van der Waals surface area (Å²) >= 11 is 1.57. The van der Waals surface area contributed by atoms with Gasteiger partial charge in [-0.1, -0.05) is 17.3 Å². The van der Waals surface area contributed by atoms with Gasteiger partial charge in [0.05, 0.1) is 11.7 Å². The fourth-order valence-corrected chi connectivity index (χ4v) is 5.43. The number of hydrogen-bond donors (Lipinski definition) is 0. The normalized spacial score (nSPS) is 19.4. The molecule has 9 heteroatoms. The highest BCUT2D eigenvalue weighted by Crippen LogP contribution is 2.33. The molecule has 2 aliphatic heterocycles. The summed E-state index contributed by atoms with van der Waals surface area (Å²) in [5.41, 5.74) is 2.02. The summed E-state index contributed by atoms with van der Waals surface area (Å²) in [5, 5.41) is 9.77. The van der Waals surface area contributed by atoms with Crippen molar-refractivity contribution in [3.8, 4) is 11.4 Å². The van der Waals surface area contributed by atoms with Gasteiger partial charge in [0.2, 0.25) is 17.6 Å². The maximum absolute atomic E-state index is 11.6. The summed E-state index contributed by atoms with van der Waals surface area (Å²) in [6.45, 7) is 5.52. The smallest absolute Gasteiger partial charge is 0.230 e. The Kier molecular flexibility index (Phi) is 5.71. The second kappa shape index (κ2) is 8.63. The second-order valence-electron chi connectivity index (χ2n) is 8.44. The van der Waals surface area contributed by atoms with Gasteiger partial charge in [-0.25, -0.2) is 4.09 Å². The van der Waals surface area contributed by atoms with Crippen LogP contribution in [0.2, 0.25) is 0 Å². The first kappa shape index (κ1) is 20.5. The first-order valence-electron chi connectivity index (χ1n) is 11.0. The van der Waals surface area contributed by atoms with E-state index in [2.05, 4.69) is 21.2 Å². The van der Waals surface area contributed by atoms with E-state index < -0.39 is 0 Å². The van der Waals surface area contributed by atoms with E-state index >= 15 is 0 Å². The molecule has 0 N–H and O–H groups in total. The molecule has 0 aliphatic carbocycles. The van der Waals surface area contributed by atoms with Gasteiger partial charge in [0, 0.05) is 49.2 Å². The summed E-state index contributed by atoms with van der Waals surface area (Å²) in [6.07, 6.45) is 8.08. The van der Waals surface area contributed by atoms with Gasteiger partial charge in [0.25, 0.3) is 0 Å². The van der Waals surface area contributed by atoms with Crippen LogP contribution in [0.15, 0.2) is 28.9 Å². The minimum absolute atomic E-state index is 0.195. The standard InChI is InChI=1S/C22H28N6O2S/c1-15(29)26-12-8-17(9-13-26)27-10-6-16(7-11-27)22-24-21(25-30-22)18-4-3-5-20-19(18)14-23-28(20)31-2/h3-5,14,16-17H,6-13H2,1-2H3. The van der Waals surface area contributed by atoms with E-state index in [0.717, 1.165) is 74.2 Å². The Morgan fingerprint density at radius 1 is 1.13 bits per heavy atom. The van der Waals surface area contributed by atoms with E-state index in [-0.39, 0.29) is 5.91 Å². The van der Waals surface area contributed by atoms with Crippen molar-refractivity contribution in [3.63, 3.8) is 0 Å².